The third-order valence-electron chi connectivity index (χ3n) is 11.0. The van der Waals surface area contributed by atoms with Crippen LogP contribution >= 0.6 is 31.1 Å². The van der Waals surface area contributed by atoms with E-state index in [0.717, 1.165) is 16.1 Å². The van der Waals surface area contributed by atoms with Crippen LogP contribution in [0.2, 0.25) is 10.0 Å². The second-order valence-corrected chi connectivity index (χ2v) is 18.1. The van der Waals surface area contributed by atoms with E-state index in [9.17, 15) is 20.2 Å². The minimum atomic E-state index is -0.500. The molecule has 0 spiro atoms. The zero-order valence-electron chi connectivity index (χ0n) is 34.4. The van der Waals surface area contributed by atoms with Crippen LogP contribution in [0.15, 0.2) is 212 Å². The fourth-order valence-corrected chi connectivity index (χ4v) is 10.8. The van der Waals surface area contributed by atoms with Gasteiger partial charge in [0, 0.05) is 71.4 Å². The minimum Gasteiger partial charge on any atom is -0.354 e. The number of rotatable bonds is 7. The number of aromatic nitrogens is 2. The summed E-state index contributed by atoms with van der Waals surface area (Å²) in [5.74, 6) is 0. The van der Waals surface area contributed by atoms with Gasteiger partial charge in [0.15, 0.2) is 0 Å². The maximum absolute atomic E-state index is 11.5. The summed E-state index contributed by atoms with van der Waals surface area (Å²) in [6.45, 7) is 0. The van der Waals surface area contributed by atoms with Gasteiger partial charge in [-0.3, -0.25) is 20.2 Å². The van der Waals surface area contributed by atoms with Crippen molar-refractivity contribution in [1.29, 1.82) is 0 Å². The molecule has 2 heterocycles. The Morgan fingerprint density at radius 2 is 0.862 bits per heavy atom. The molecule has 11 rings (SSSR count). The molecule has 65 heavy (non-hydrogen) atoms. The van der Waals surface area contributed by atoms with Crippen molar-refractivity contribution in [2.24, 2.45) is 0 Å². The molecule has 9 aromatic carbocycles. The molecule has 316 valence electrons. The van der Waals surface area contributed by atoms with Crippen LogP contribution in [0.1, 0.15) is 0 Å². The van der Waals surface area contributed by atoms with Crippen molar-refractivity contribution in [2.45, 2.75) is 0 Å². The van der Waals surface area contributed by atoms with Crippen molar-refractivity contribution in [1.82, 2.24) is 9.97 Å². The second kappa shape index (κ2) is 19.0. The average molecular weight is 908 g/mol. The van der Waals surface area contributed by atoms with Crippen LogP contribution in [0.3, 0.4) is 0 Å². The van der Waals surface area contributed by atoms with Gasteiger partial charge in [-0.1, -0.05) is 175 Å². The Morgan fingerprint density at radius 3 is 1.45 bits per heavy atom. The lowest BCUT2D eigenvalue weighted by atomic mass is 9.92. The molecule has 2 aromatic heterocycles. The molecule has 11 heteroatoms. The fourth-order valence-electron chi connectivity index (χ4n) is 8.18. The fraction of sp³-hybridized carbons (Fsp3) is 0. The molecule has 0 aliphatic carbocycles. The van der Waals surface area contributed by atoms with Crippen molar-refractivity contribution in [3.63, 3.8) is 0 Å². The van der Waals surface area contributed by atoms with E-state index in [2.05, 4.69) is 143 Å². The van der Waals surface area contributed by atoms with Gasteiger partial charge in [-0.05, 0) is 77.9 Å². The third kappa shape index (κ3) is 8.97. The Labute approximate surface area is 384 Å². The molecule has 0 amide bonds. The molecular weight excluding hydrogens is 870 g/mol. The number of benzene rings is 9. The first-order valence-electron chi connectivity index (χ1n) is 20.6. The van der Waals surface area contributed by atoms with Gasteiger partial charge in [-0.15, -0.1) is 0 Å². The average Bonchev–Trinajstić information content (AvgIpc) is 3.91. The van der Waals surface area contributed by atoms with E-state index in [-0.39, 0.29) is 11.4 Å². The minimum absolute atomic E-state index is 0.113. The summed E-state index contributed by atoms with van der Waals surface area (Å²) in [6.07, 6.45) is 0. The number of para-hydroxylation sites is 2. The van der Waals surface area contributed by atoms with Crippen LogP contribution in [-0.4, -0.2) is 19.8 Å². The highest BCUT2D eigenvalue weighted by molar-refractivity contribution is 7.79. The number of nitro groups is 2. The monoisotopic (exact) mass is 906 g/mol. The number of hydrogen-bond acceptors (Lipinski definition) is 4. The first kappa shape index (κ1) is 42.7. The van der Waals surface area contributed by atoms with E-state index >= 15 is 0 Å². The zero-order chi connectivity index (χ0) is 44.9. The number of nitro benzene ring substituents is 2. The van der Waals surface area contributed by atoms with Crippen LogP contribution in [0.4, 0.5) is 11.4 Å². The van der Waals surface area contributed by atoms with E-state index in [0.29, 0.717) is 27.3 Å². The molecule has 0 aliphatic heterocycles. The summed E-state index contributed by atoms with van der Waals surface area (Å²) >= 11 is 12.0. The third-order valence-corrected chi connectivity index (χ3v) is 13.9. The maximum Gasteiger partial charge on any atom is 0.277 e. The van der Waals surface area contributed by atoms with Gasteiger partial charge in [0.25, 0.3) is 11.4 Å². The summed E-state index contributed by atoms with van der Waals surface area (Å²) < 4.78 is 0. The molecule has 0 unspecified atom stereocenters. The summed E-state index contributed by atoms with van der Waals surface area (Å²) in [6, 6.07) is 68.3. The van der Waals surface area contributed by atoms with Crippen molar-refractivity contribution < 1.29 is 9.85 Å². The van der Waals surface area contributed by atoms with Gasteiger partial charge in [0.2, 0.25) is 0 Å². The lowest BCUT2D eigenvalue weighted by Crippen LogP contribution is -2.20. The van der Waals surface area contributed by atoms with Gasteiger partial charge in [0.05, 0.1) is 21.0 Å². The SMILES string of the molecule is Clc1ccc2c(c1)[nH]c1ccc3[nH]c4ccccc4c3c12.O=[N+]([O-])c1ccccc1-c1cccc([N+](=O)[O-])c1-c1ccc(Cl)cc1.c1ccc(P(c2ccccc2)c2ccccc2)cc1. The Kier molecular flexibility index (Phi) is 12.5. The molecular formula is C54H37Cl2N4O4P. The number of halogens is 2. The van der Waals surface area contributed by atoms with Crippen LogP contribution in [0, 0.1) is 20.2 Å². The van der Waals surface area contributed by atoms with E-state index < -0.39 is 17.8 Å². The van der Waals surface area contributed by atoms with E-state index in [1.807, 2.05) is 12.1 Å². The molecule has 0 fully saturated rings. The van der Waals surface area contributed by atoms with Crippen LogP contribution in [0.5, 0.6) is 0 Å². The molecule has 11 aromatic rings. The van der Waals surface area contributed by atoms with Crippen molar-refractivity contribution in [3.05, 3.63) is 243 Å². The molecule has 0 bridgehead atoms. The highest BCUT2D eigenvalue weighted by Crippen LogP contribution is 2.42. The lowest BCUT2D eigenvalue weighted by Gasteiger charge is -2.18. The van der Waals surface area contributed by atoms with Crippen molar-refractivity contribution in [3.8, 4) is 22.3 Å². The quantitative estimate of drug-likeness (QED) is 0.0940. The Balaban J connectivity index is 0.000000124. The maximum atomic E-state index is 11.5. The van der Waals surface area contributed by atoms with Gasteiger partial charge >= 0.3 is 0 Å². The predicted molar refractivity (Wildman–Crippen MR) is 271 cm³/mol. The summed E-state index contributed by atoms with van der Waals surface area (Å²) in [7, 11) is -0.446. The highest BCUT2D eigenvalue weighted by atomic mass is 35.5. The Bertz CT molecular complexity index is 3380. The number of nitrogens with zero attached hydrogens (tertiary/aromatic N) is 2. The number of fused-ring (bicyclic) bond motifs is 7. The summed E-state index contributed by atoms with van der Waals surface area (Å²) in [4.78, 5) is 28.8. The van der Waals surface area contributed by atoms with Gasteiger partial charge < -0.3 is 9.97 Å². The number of H-pyrrole nitrogens is 2. The standard InChI is InChI=1S/C18H11ClN2O4.C18H11ClN2.C18H15P/c19-13-10-8-12(9-11-13)18-15(5-3-7-17(18)21(24)25)14-4-1-2-6-16(14)20(22)23;19-10-5-6-12-16(9-10)21-15-8-7-14-17(18(12)15)11-3-1-2-4-13(11)20-14;1-4-10-16(11-5-1)19(17-12-6-2-7-13-17)18-14-8-3-9-15-18/h1-11H;1-9,20-21H;1-15H. The second-order valence-electron chi connectivity index (χ2n) is 15.0. The zero-order valence-corrected chi connectivity index (χ0v) is 36.8. The number of nitrogens with one attached hydrogen (secondary N) is 2. The summed E-state index contributed by atoms with van der Waals surface area (Å²) in [5, 5.41) is 33.3. The van der Waals surface area contributed by atoms with Gasteiger partial charge in [0.1, 0.15) is 0 Å². The molecule has 8 nitrogen and oxygen atoms in total. The smallest absolute Gasteiger partial charge is 0.277 e. The molecule has 0 saturated carbocycles. The predicted octanol–water partition coefficient (Wildman–Crippen LogP) is 14.5. The number of aromatic amines is 2. The lowest BCUT2D eigenvalue weighted by molar-refractivity contribution is -0.384. The van der Waals surface area contributed by atoms with E-state index in [4.69, 9.17) is 23.2 Å². The van der Waals surface area contributed by atoms with Crippen LogP contribution in [0.25, 0.3) is 65.9 Å². The molecule has 0 atom stereocenters. The first-order valence-corrected chi connectivity index (χ1v) is 22.7. The van der Waals surface area contributed by atoms with E-state index in [1.165, 1.54) is 66.7 Å². The van der Waals surface area contributed by atoms with Crippen molar-refractivity contribution in [2.75, 3.05) is 0 Å². The largest absolute Gasteiger partial charge is 0.354 e. The summed E-state index contributed by atoms with van der Waals surface area (Å²) in [5.41, 5.74) is 5.94. The van der Waals surface area contributed by atoms with Gasteiger partial charge in [-0.25, -0.2) is 0 Å². The topological polar surface area (TPSA) is 118 Å². The molecule has 0 aliphatic rings. The molecule has 0 radical (unpaired) electrons. The van der Waals surface area contributed by atoms with E-state index in [1.54, 1.807) is 48.5 Å². The van der Waals surface area contributed by atoms with Crippen molar-refractivity contribution >= 4 is 102 Å². The molecule has 0 saturated heterocycles. The first-order chi connectivity index (χ1) is 31.7. The Morgan fingerprint density at radius 1 is 0.400 bits per heavy atom. The number of hydrogen-bond donors (Lipinski definition) is 2. The van der Waals surface area contributed by atoms with Gasteiger partial charge in [-0.2, -0.15) is 0 Å². The van der Waals surface area contributed by atoms with Crippen LogP contribution < -0.4 is 15.9 Å². The highest BCUT2D eigenvalue weighted by Gasteiger charge is 2.24. The van der Waals surface area contributed by atoms with Crippen LogP contribution in [-0.2, 0) is 0 Å². The Hall–Kier alpha value is -7.61. The normalized spacial score (nSPS) is 11.0. The molecule has 2 N–H and O–H groups in total.